The average molecular weight is 614 g/mol. The van der Waals surface area contributed by atoms with Crippen molar-refractivity contribution >= 4 is 21.2 Å². The number of hydrogen-bond donors (Lipinski definition) is 2. The summed E-state index contributed by atoms with van der Waals surface area (Å²) in [5, 5.41) is 6.19. The molecule has 228 valence electrons. The van der Waals surface area contributed by atoms with E-state index >= 15 is 0 Å². The Labute approximate surface area is 241 Å². The maximum Gasteiger partial charge on any atom is 0.394 e. The maximum absolute atomic E-state index is 14.7. The zero-order valence-electron chi connectivity index (χ0n) is 23.5. The number of nitrogens with zero attached hydrogens (tertiary/aromatic N) is 3. The standard InChI is InChI=1S/C28H32F5N5O3S/c1-37(2)17-18-14-27(29,30)15-23(35-18)20-7-6-12-38-24(16-28(31,32)33)21(36-26(20)38)8-5-11-34-22-10-9-19(42(4,39)40)13-25(22)41-3/h6-7,9-10,12-13,18,23,34-35H,11,14-17H2,1-4H3/t18-,23-/m1/s1. The SMILES string of the molecule is COc1cc(S(C)(=O)=O)ccc1NCC#Cc1nc2c([C@H]3CC(F)(F)C[C@H](CN(C)C)N3)cccn2c1CC(F)(F)F. The predicted octanol–water partition coefficient (Wildman–Crippen LogP) is 4.30. The number of rotatable bonds is 8. The van der Waals surface area contributed by atoms with Crippen LogP contribution < -0.4 is 15.4 Å². The Hall–Kier alpha value is -3.41. The van der Waals surface area contributed by atoms with Crippen LogP contribution in [0.15, 0.2) is 41.4 Å². The van der Waals surface area contributed by atoms with Crippen molar-refractivity contribution in [1.82, 2.24) is 19.6 Å². The molecule has 1 aromatic carbocycles. The Kier molecular flexibility index (Phi) is 9.05. The second-order valence-electron chi connectivity index (χ2n) is 10.6. The van der Waals surface area contributed by atoms with Crippen molar-refractivity contribution < 1.29 is 35.1 Å². The largest absolute Gasteiger partial charge is 0.495 e. The summed E-state index contributed by atoms with van der Waals surface area (Å²) < 4.78 is 100. The van der Waals surface area contributed by atoms with Crippen molar-refractivity contribution in [1.29, 1.82) is 0 Å². The van der Waals surface area contributed by atoms with Gasteiger partial charge in [0.2, 0.25) is 0 Å². The molecule has 0 spiro atoms. The normalized spacial score (nSPS) is 19.0. The van der Waals surface area contributed by atoms with E-state index in [1.54, 1.807) is 25.1 Å². The number of sulfone groups is 1. The molecule has 14 heteroatoms. The molecule has 1 aliphatic rings. The lowest BCUT2D eigenvalue weighted by molar-refractivity contribution is -0.128. The molecular weight excluding hydrogens is 581 g/mol. The van der Waals surface area contributed by atoms with Gasteiger partial charge in [-0.05, 0) is 38.2 Å². The van der Waals surface area contributed by atoms with Gasteiger partial charge in [-0.25, -0.2) is 22.2 Å². The van der Waals surface area contributed by atoms with E-state index in [1.807, 2.05) is 0 Å². The number of aromatic nitrogens is 2. The lowest BCUT2D eigenvalue weighted by Crippen LogP contribution is -2.49. The van der Waals surface area contributed by atoms with Gasteiger partial charge in [0, 0.05) is 55.6 Å². The first-order valence-corrected chi connectivity index (χ1v) is 14.9. The Morgan fingerprint density at radius 1 is 1.24 bits per heavy atom. The van der Waals surface area contributed by atoms with Crippen LogP contribution >= 0.6 is 0 Å². The first-order valence-electron chi connectivity index (χ1n) is 13.0. The summed E-state index contributed by atoms with van der Waals surface area (Å²) >= 11 is 0. The van der Waals surface area contributed by atoms with Crippen LogP contribution in [0.5, 0.6) is 5.75 Å². The number of imidazole rings is 1. The fourth-order valence-corrected chi connectivity index (χ4v) is 5.72. The van der Waals surface area contributed by atoms with Crippen molar-refractivity contribution in [3.8, 4) is 17.6 Å². The number of benzene rings is 1. The van der Waals surface area contributed by atoms with E-state index in [4.69, 9.17) is 4.74 Å². The number of likely N-dealkylation sites (N-methyl/N-ethyl adjacent to an activating group) is 1. The molecule has 42 heavy (non-hydrogen) atoms. The average Bonchev–Trinajstić information content (AvgIpc) is 3.20. The molecule has 8 nitrogen and oxygen atoms in total. The number of alkyl halides is 5. The second-order valence-corrected chi connectivity index (χ2v) is 12.6. The van der Waals surface area contributed by atoms with Crippen LogP contribution in [0.4, 0.5) is 27.6 Å². The molecule has 2 N–H and O–H groups in total. The van der Waals surface area contributed by atoms with Gasteiger partial charge in [0.25, 0.3) is 5.92 Å². The molecule has 0 bridgehead atoms. The monoisotopic (exact) mass is 613 g/mol. The van der Waals surface area contributed by atoms with Crippen LogP contribution in [0.1, 0.15) is 35.8 Å². The summed E-state index contributed by atoms with van der Waals surface area (Å²) in [5.41, 5.74) is 0.614. The van der Waals surface area contributed by atoms with Crippen molar-refractivity contribution in [2.45, 2.75) is 48.3 Å². The molecule has 4 rings (SSSR count). The van der Waals surface area contributed by atoms with E-state index in [0.29, 0.717) is 17.8 Å². The number of piperidine rings is 1. The number of pyridine rings is 1. The molecule has 0 aliphatic carbocycles. The summed E-state index contributed by atoms with van der Waals surface area (Å²) in [4.78, 5) is 6.26. The Morgan fingerprint density at radius 2 is 1.98 bits per heavy atom. The summed E-state index contributed by atoms with van der Waals surface area (Å²) in [6.45, 7) is 0.345. The number of anilines is 1. The zero-order valence-corrected chi connectivity index (χ0v) is 24.3. The molecule has 0 radical (unpaired) electrons. The van der Waals surface area contributed by atoms with Crippen molar-refractivity contribution in [3.05, 3.63) is 53.5 Å². The van der Waals surface area contributed by atoms with Crippen LogP contribution in [0, 0.1) is 11.8 Å². The minimum absolute atomic E-state index is 0.0244. The van der Waals surface area contributed by atoms with Gasteiger partial charge in [-0.15, -0.1) is 0 Å². The van der Waals surface area contributed by atoms with Gasteiger partial charge in [-0.2, -0.15) is 13.2 Å². The van der Waals surface area contributed by atoms with E-state index in [0.717, 1.165) is 6.26 Å². The van der Waals surface area contributed by atoms with Gasteiger partial charge in [0.1, 0.15) is 17.1 Å². The topological polar surface area (TPSA) is 88.0 Å². The molecule has 2 aromatic heterocycles. The number of fused-ring (bicyclic) bond motifs is 1. The highest BCUT2D eigenvalue weighted by Crippen LogP contribution is 2.38. The molecule has 0 unspecified atom stereocenters. The van der Waals surface area contributed by atoms with Gasteiger partial charge < -0.3 is 24.7 Å². The number of nitrogens with one attached hydrogen (secondary N) is 2. The fraction of sp³-hybridized carbons (Fsp3) is 0.464. The third-order valence-corrected chi connectivity index (χ3v) is 7.88. The summed E-state index contributed by atoms with van der Waals surface area (Å²) in [5.74, 6) is 2.74. The maximum atomic E-state index is 14.7. The van der Waals surface area contributed by atoms with Crippen LogP contribution in [-0.4, -0.2) is 81.4 Å². The summed E-state index contributed by atoms with van der Waals surface area (Å²) in [7, 11) is 1.47. The first-order chi connectivity index (χ1) is 19.6. The number of halogens is 5. The van der Waals surface area contributed by atoms with Crippen LogP contribution in [0.25, 0.3) is 5.65 Å². The van der Waals surface area contributed by atoms with Gasteiger partial charge in [0.05, 0.1) is 36.4 Å². The molecule has 2 atom stereocenters. The molecule has 1 fully saturated rings. The van der Waals surface area contributed by atoms with Crippen LogP contribution in [-0.2, 0) is 16.3 Å². The molecule has 1 saturated heterocycles. The van der Waals surface area contributed by atoms with Gasteiger partial charge >= 0.3 is 6.18 Å². The quantitative estimate of drug-likeness (QED) is 0.289. The zero-order chi connectivity index (χ0) is 30.9. The van der Waals surface area contributed by atoms with E-state index in [1.165, 1.54) is 42.0 Å². The third-order valence-electron chi connectivity index (χ3n) is 6.77. The number of hydrogen-bond acceptors (Lipinski definition) is 7. The number of methoxy groups -OCH3 is 1. The summed E-state index contributed by atoms with van der Waals surface area (Å²) in [6, 6.07) is 6.01. The molecule has 3 heterocycles. The van der Waals surface area contributed by atoms with Crippen molar-refractivity contribution in [2.24, 2.45) is 0 Å². The Bertz CT molecular complexity index is 1610. The third kappa shape index (κ3) is 7.70. The lowest BCUT2D eigenvalue weighted by Gasteiger charge is -2.37. The van der Waals surface area contributed by atoms with Crippen LogP contribution in [0.3, 0.4) is 0 Å². The minimum Gasteiger partial charge on any atom is -0.495 e. The van der Waals surface area contributed by atoms with E-state index in [-0.39, 0.29) is 40.6 Å². The van der Waals surface area contributed by atoms with Gasteiger partial charge in [0.15, 0.2) is 9.84 Å². The first kappa shape index (κ1) is 31.5. The Balaban J connectivity index is 1.66. The summed E-state index contributed by atoms with van der Waals surface area (Å²) in [6.07, 6.45) is -4.25. The van der Waals surface area contributed by atoms with E-state index < -0.39 is 46.9 Å². The molecule has 0 saturated carbocycles. The van der Waals surface area contributed by atoms with Crippen molar-refractivity contribution in [3.63, 3.8) is 0 Å². The van der Waals surface area contributed by atoms with Gasteiger partial charge in [-0.1, -0.05) is 12.0 Å². The lowest BCUT2D eigenvalue weighted by atomic mass is 9.90. The minimum atomic E-state index is -4.57. The highest BCUT2D eigenvalue weighted by Gasteiger charge is 2.42. The van der Waals surface area contributed by atoms with Gasteiger partial charge in [-0.3, -0.25) is 0 Å². The second kappa shape index (κ2) is 12.1. The smallest absolute Gasteiger partial charge is 0.394 e. The Morgan fingerprint density at radius 3 is 2.62 bits per heavy atom. The highest BCUT2D eigenvalue weighted by atomic mass is 32.2. The molecule has 0 amide bonds. The van der Waals surface area contributed by atoms with Crippen molar-refractivity contribution in [2.75, 3.05) is 45.9 Å². The molecular formula is C28H32F5N5O3S. The highest BCUT2D eigenvalue weighted by molar-refractivity contribution is 7.90. The molecule has 3 aromatic rings. The predicted molar refractivity (Wildman–Crippen MR) is 149 cm³/mol. The van der Waals surface area contributed by atoms with Crippen LogP contribution in [0.2, 0.25) is 0 Å². The van der Waals surface area contributed by atoms with E-state index in [9.17, 15) is 30.4 Å². The van der Waals surface area contributed by atoms with E-state index in [2.05, 4.69) is 27.5 Å². The molecule has 1 aliphatic heterocycles. The fourth-order valence-electron chi connectivity index (χ4n) is 5.09. The number of ether oxygens (including phenoxy) is 1.